The summed E-state index contributed by atoms with van der Waals surface area (Å²) in [5.41, 5.74) is 0.710. The second kappa shape index (κ2) is 7.21. The third kappa shape index (κ3) is 4.06. The van der Waals surface area contributed by atoms with Gasteiger partial charge in [0.25, 0.3) is 5.91 Å². The number of anilines is 1. The van der Waals surface area contributed by atoms with Crippen molar-refractivity contribution in [3.05, 3.63) is 53.8 Å². The molecule has 6 nitrogen and oxygen atoms in total. The average Bonchev–Trinajstić information content (AvgIpc) is 3.04. The molecule has 1 amide bonds. The van der Waals surface area contributed by atoms with Gasteiger partial charge in [-0.15, -0.1) is 0 Å². The molecule has 2 aromatic carbocycles. The minimum absolute atomic E-state index is 0.136. The summed E-state index contributed by atoms with van der Waals surface area (Å²) in [6.45, 7) is 1.58. The smallest absolute Gasteiger partial charge is 0.311 e. The Balaban J connectivity index is 1.55. The number of hydrogen-bond acceptors (Lipinski definition) is 5. The predicted octanol–water partition coefficient (Wildman–Crippen LogP) is 2.67. The van der Waals surface area contributed by atoms with Crippen LogP contribution in [-0.2, 0) is 20.7 Å². The van der Waals surface area contributed by atoms with Gasteiger partial charge in [-0.1, -0.05) is 18.2 Å². The molecule has 1 aliphatic heterocycles. The number of benzene rings is 2. The van der Waals surface area contributed by atoms with E-state index in [0.29, 0.717) is 17.2 Å². The summed E-state index contributed by atoms with van der Waals surface area (Å²) in [6.07, 6.45) is -1.27. The van der Waals surface area contributed by atoms with Crippen LogP contribution in [0.4, 0.5) is 10.1 Å². The largest absolute Gasteiger partial charge is 0.454 e. The van der Waals surface area contributed by atoms with E-state index in [2.05, 4.69) is 5.32 Å². The van der Waals surface area contributed by atoms with Crippen molar-refractivity contribution < 1.29 is 28.2 Å². The molecule has 1 heterocycles. The van der Waals surface area contributed by atoms with Gasteiger partial charge in [-0.2, -0.15) is 0 Å². The van der Waals surface area contributed by atoms with Gasteiger partial charge < -0.3 is 19.5 Å². The molecule has 0 saturated heterocycles. The molecule has 1 unspecified atom stereocenters. The summed E-state index contributed by atoms with van der Waals surface area (Å²) >= 11 is 0. The molecule has 25 heavy (non-hydrogen) atoms. The number of halogens is 1. The lowest BCUT2D eigenvalue weighted by Gasteiger charge is -2.14. The zero-order valence-electron chi connectivity index (χ0n) is 13.5. The van der Waals surface area contributed by atoms with Crippen LogP contribution in [0, 0.1) is 5.82 Å². The molecule has 130 valence electrons. The fourth-order valence-electron chi connectivity index (χ4n) is 2.31. The molecule has 0 bridgehead atoms. The van der Waals surface area contributed by atoms with Crippen LogP contribution in [0.25, 0.3) is 0 Å². The maximum Gasteiger partial charge on any atom is 0.311 e. The molecule has 2 aromatic rings. The Bertz CT molecular complexity index is 808. The van der Waals surface area contributed by atoms with E-state index < -0.39 is 23.8 Å². The lowest BCUT2D eigenvalue weighted by molar-refractivity contribution is -0.152. The van der Waals surface area contributed by atoms with E-state index in [0.717, 1.165) is 0 Å². The number of carbonyl (C=O) groups is 2. The minimum atomic E-state index is -1.02. The van der Waals surface area contributed by atoms with Crippen LogP contribution in [0.15, 0.2) is 42.5 Å². The molecule has 0 saturated carbocycles. The summed E-state index contributed by atoms with van der Waals surface area (Å²) in [5, 5.41) is 2.63. The van der Waals surface area contributed by atoms with E-state index in [-0.39, 0.29) is 18.8 Å². The summed E-state index contributed by atoms with van der Waals surface area (Å²) < 4.78 is 29.0. The number of esters is 1. The highest BCUT2D eigenvalue weighted by Gasteiger charge is 2.20. The zero-order valence-corrected chi connectivity index (χ0v) is 13.5. The van der Waals surface area contributed by atoms with E-state index in [1.165, 1.54) is 25.1 Å². The molecule has 0 spiro atoms. The first-order valence-electron chi connectivity index (χ1n) is 7.66. The Kier molecular flexibility index (Phi) is 4.83. The van der Waals surface area contributed by atoms with E-state index >= 15 is 0 Å². The summed E-state index contributed by atoms with van der Waals surface area (Å²) in [4.78, 5) is 24.0. The number of amides is 1. The van der Waals surface area contributed by atoms with E-state index in [1.54, 1.807) is 24.3 Å². The van der Waals surface area contributed by atoms with Gasteiger partial charge in [0.15, 0.2) is 17.6 Å². The lowest BCUT2D eigenvalue weighted by atomic mass is 10.1. The Morgan fingerprint density at radius 1 is 1.20 bits per heavy atom. The first kappa shape index (κ1) is 16.8. The van der Waals surface area contributed by atoms with Crippen molar-refractivity contribution in [2.24, 2.45) is 0 Å². The molecule has 0 aliphatic carbocycles. The van der Waals surface area contributed by atoms with Crippen molar-refractivity contribution in [2.75, 3.05) is 12.1 Å². The van der Waals surface area contributed by atoms with Gasteiger partial charge in [0, 0.05) is 11.8 Å². The second-order valence-corrected chi connectivity index (χ2v) is 5.46. The number of ether oxygens (including phenoxy) is 3. The molecule has 0 aromatic heterocycles. The standard InChI is InChI=1S/C18H16FNO5/c1-11(25-17(21)8-12-4-2-3-5-14(12)19)18(22)20-13-6-7-15-16(9-13)24-10-23-15/h2-7,9,11H,8,10H2,1H3,(H,20,22). The van der Waals surface area contributed by atoms with Crippen LogP contribution in [0.5, 0.6) is 11.5 Å². The maximum atomic E-state index is 13.5. The SMILES string of the molecule is CC(OC(=O)Cc1ccccc1F)C(=O)Nc1ccc2c(c1)OCO2. The number of rotatable bonds is 5. The van der Waals surface area contributed by atoms with Crippen molar-refractivity contribution in [1.82, 2.24) is 0 Å². The van der Waals surface area contributed by atoms with Crippen LogP contribution in [0.1, 0.15) is 12.5 Å². The topological polar surface area (TPSA) is 73.9 Å². The Labute approximate surface area is 143 Å². The molecule has 1 atom stereocenters. The molecular weight excluding hydrogens is 329 g/mol. The van der Waals surface area contributed by atoms with Crippen LogP contribution >= 0.6 is 0 Å². The summed E-state index contributed by atoms with van der Waals surface area (Å²) in [5.74, 6) is -0.541. The van der Waals surface area contributed by atoms with Gasteiger partial charge in [0.1, 0.15) is 5.82 Å². The molecule has 0 fully saturated rings. The van der Waals surface area contributed by atoms with Crippen LogP contribution in [0.3, 0.4) is 0 Å². The fourth-order valence-corrected chi connectivity index (χ4v) is 2.31. The minimum Gasteiger partial charge on any atom is -0.454 e. The Hall–Kier alpha value is -3.09. The first-order chi connectivity index (χ1) is 12.0. The third-order valence-corrected chi connectivity index (χ3v) is 3.61. The normalized spacial score (nSPS) is 13.2. The maximum absolute atomic E-state index is 13.5. The van der Waals surface area contributed by atoms with Crippen LogP contribution in [-0.4, -0.2) is 24.8 Å². The fraction of sp³-hybridized carbons (Fsp3) is 0.222. The van der Waals surface area contributed by atoms with Gasteiger partial charge in [-0.3, -0.25) is 9.59 Å². The van der Waals surface area contributed by atoms with Gasteiger partial charge in [-0.25, -0.2) is 4.39 Å². The predicted molar refractivity (Wildman–Crippen MR) is 86.9 cm³/mol. The van der Waals surface area contributed by atoms with Crippen molar-refractivity contribution in [3.63, 3.8) is 0 Å². The Morgan fingerprint density at radius 2 is 1.96 bits per heavy atom. The van der Waals surface area contributed by atoms with Crippen LogP contribution < -0.4 is 14.8 Å². The van der Waals surface area contributed by atoms with Crippen molar-refractivity contribution in [2.45, 2.75) is 19.4 Å². The molecule has 0 radical (unpaired) electrons. The number of fused-ring (bicyclic) bond motifs is 1. The molecular formula is C18H16FNO5. The average molecular weight is 345 g/mol. The van der Waals surface area contributed by atoms with E-state index in [4.69, 9.17) is 14.2 Å². The van der Waals surface area contributed by atoms with Gasteiger partial charge in [0.05, 0.1) is 6.42 Å². The summed E-state index contributed by atoms with van der Waals surface area (Å²) in [6, 6.07) is 10.9. The highest BCUT2D eigenvalue weighted by Crippen LogP contribution is 2.34. The summed E-state index contributed by atoms with van der Waals surface area (Å²) in [7, 11) is 0. The number of nitrogens with one attached hydrogen (secondary N) is 1. The highest BCUT2D eigenvalue weighted by molar-refractivity contribution is 5.95. The zero-order chi connectivity index (χ0) is 17.8. The second-order valence-electron chi connectivity index (χ2n) is 5.46. The monoisotopic (exact) mass is 345 g/mol. The van der Waals surface area contributed by atoms with Crippen molar-refractivity contribution in [3.8, 4) is 11.5 Å². The number of carbonyl (C=O) groups excluding carboxylic acids is 2. The highest BCUT2D eigenvalue weighted by atomic mass is 19.1. The van der Waals surface area contributed by atoms with Gasteiger partial charge >= 0.3 is 5.97 Å². The first-order valence-corrected chi connectivity index (χ1v) is 7.66. The van der Waals surface area contributed by atoms with Crippen LogP contribution in [0.2, 0.25) is 0 Å². The third-order valence-electron chi connectivity index (χ3n) is 3.61. The lowest BCUT2D eigenvalue weighted by Crippen LogP contribution is -2.30. The number of hydrogen-bond donors (Lipinski definition) is 1. The molecule has 1 aliphatic rings. The molecule has 1 N–H and O–H groups in total. The van der Waals surface area contributed by atoms with E-state index in [9.17, 15) is 14.0 Å². The molecule has 3 rings (SSSR count). The van der Waals surface area contributed by atoms with Crippen molar-refractivity contribution in [1.29, 1.82) is 0 Å². The van der Waals surface area contributed by atoms with E-state index in [1.807, 2.05) is 0 Å². The Morgan fingerprint density at radius 3 is 2.76 bits per heavy atom. The van der Waals surface area contributed by atoms with Crippen molar-refractivity contribution >= 4 is 17.6 Å². The van der Waals surface area contributed by atoms with Gasteiger partial charge in [-0.05, 0) is 30.7 Å². The quantitative estimate of drug-likeness (QED) is 0.844. The molecule has 7 heteroatoms. The van der Waals surface area contributed by atoms with Gasteiger partial charge in [0.2, 0.25) is 6.79 Å².